The Morgan fingerprint density at radius 3 is 2.81 bits per heavy atom. The quantitative estimate of drug-likeness (QED) is 0.736. The van der Waals surface area contributed by atoms with Crippen molar-refractivity contribution in [2.24, 2.45) is 0 Å². The minimum absolute atomic E-state index is 0.825. The summed E-state index contributed by atoms with van der Waals surface area (Å²) in [4.78, 5) is 2.37. The molecule has 1 aromatic carbocycles. The molecule has 0 radical (unpaired) electrons. The van der Waals surface area contributed by atoms with Crippen LogP contribution in [-0.4, -0.2) is 16.6 Å². The number of aromatic nitrogens is 1. The number of hydrogen-bond acceptors (Lipinski definition) is 4. The van der Waals surface area contributed by atoms with Crippen molar-refractivity contribution in [2.75, 3.05) is 6.54 Å². The third-order valence-electron chi connectivity index (χ3n) is 3.91. The molecule has 1 aliphatic rings. The SMILES string of the molecule is c1ccc(-c2noc3c2CN(Cc2ccco2)CC3)cc1. The minimum atomic E-state index is 0.825. The summed E-state index contributed by atoms with van der Waals surface area (Å²) in [6.45, 7) is 2.65. The molecule has 0 bridgehead atoms. The molecule has 0 atom stereocenters. The van der Waals surface area contributed by atoms with Crippen LogP contribution in [0.2, 0.25) is 0 Å². The molecule has 0 amide bonds. The second-order valence-corrected chi connectivity index (χ2v) is 5.34. The van der Waals surface area contributed by atoms with Crippen LogP contribution in [0.15, 0.2) is 57.7 Å². The second kappa shape index (κ2) is 5.22. The number of hydrogen-bond donors (Lipinski definition) is 0. The van der Waals surface area contributed by atoms with E-state index in [-0.39, 0.29) is 0 Å². The van der Waals surface area contributed by atoms with Gasteiger partial charge in [-0.3, -0.25) is 4.90 Å². The van der Waals surface area contributed by atoms with E-state index < -0.39 is 0 Å². The summed E-state index contributed by atoms with van der Waals surface area (Å²) in [5.41, 5.74) is 3.29. The van der Waals surface area contributed by atoms with Gasteiger partial charge in [0.05, 0.1) is 12.8 Å². The molecule has 0 saturated heterocycles. The number of furan rings is 1. The Balaban J connectivity index is 1.61. The van der Waals surface area contributed by atoms with Gasteiger partial charge in [0.25, 0.3) is 0 Å². The zero-order chi connectivity index (χ0) is 14.1. The van der Waals surface area contributed by atoms with Crippen molar-refractivity contribution in [3.05, 3.63) is 65.8 Å². The summed E-state index contributed by atoms with van der Waals surface area (Å²) in [6, 6.07) is 14.2. The maximum atomic E-state index is 5.52. The topological polar surface area (TPSA) is 42.4 Å². The van der Waals surface area contributed by atoms with Crippen LogP contribution in [0.3, 0.4) is 0 Å². The molecule has 4 nitrogen and oxygen atoms in total. The molecule has 1 aliphatic heterocycles. The van der Waals surface area contributed by atoms with E-state index in [9.17, 15) is 0 Å². The number of fused-ring (bicyclic) bond motifs is 1. The van der Waals surface area contributed by atoms with Crippen LogP contribution in [0.25, 0.3) is 11.3 Å². The van der Waals surface area contributed by atoms with Gasteiger partial charge in [-0.05, 0) is 12.1 Å². The van der Waals surface area contributed by atoms with Crippen molar-refractivity contribution in [2.45, 2.75) is 19.5 Å². The first-order chi connectivity index (χ1) is 10.4. The summed E-state index contributed by atoms with van der Waals surface area (Å²) in [6.07, 6.45) is 2.62. The van der Waals surface area contributed by atoms with E-state index in [0.717, 1.165) is 48.8 Å². The number of nitrogens with zero attached hydrogens (tertiary/aromatic N) is 2. The van der Waals surface area contributed by atoms with Gasteiger partial charge in [-0.1, -0.05) is 35.5 Å². The van der Waals surface area contributed by atoms with Crippen molar-refractivity contribution in [1.82, 2.24) is 10.1 Å². The van der Waals surface area contributed by atoms with Crippen molar-refractivity contribution >= 4 is 0 Å². The lowest BCUT2D eigenvalue weighted by Crippen LogP contribution is -2.29. The lowest BCUT2D eigenvalue weighted by molar-refractivity contribution is 0.212. The summed E-state index contributed by atoms with van der Waals surface area (Å²) < 4.78 is 11.0. The predicted molar refractivity (Wildman–Crippen MR) is 78.5 cm³/mol. The van der Waals surface area contributed by atoms with Gasteiger partial charge in [0.15, 0.2) is 0 Å². The van der Waals surface area contributed by atoms with E-state index in [0.29, 0.717) is 0 Å². The fourth-order valence-corrected chi connectivity index (χ4v) is 2.85. The smallest absolute Gasteiger partial charge is 0.143 e. The Bertz CT molecular complexity index is 717. The molecule has 4 rings (SSSR count). The molecule has 0 saturated carbocycles. The summed E-state index contributed by atoms with van der Waals surface area (Å²) in [7, 11) is 0. The van der Waals surface area contributed by atoms with Crippen LogP contribution in [0.1, 0.15) is 17.1 Å². The third-order valence-corrected chi connectivity index (χ3v) is 3.91. The Morgan fingerprint density at radius 1 is 1.10 bits per heavy atom. The van der Waals surface area contributed by atoms with Crippen LogP contribution in [0, 0.1) is 0 Å². The number of rotatable bonds is 3. The Hall–Kier alpha value is -2.33. The molecule has 3 heterocycles. The van der Waals surface area contributed by atoms with E-state index in [1.54, 1.807) is 6.26 Å². The maximum absolute atomic E-state index is 5.52. The molecule has 0 N–H and O–H groups in total. The van der Waals surface area contributed by atoms with Crippen LogP contribution in [0.5, 0.6) is 0 Å². The van der Waals surface area contributed by atoms with Gasteiger partial charge >= 0.3 is 0 Å². The molecule has 0 fully saturated rings. The van der Waals surface area contributed by atoms with E-state index in [2.05, 4.69) is 22.2 Å². The molecule has 106 valence electrons. The monoisotopic (exact) mass is 280 g/mol. The van der Waals surface area contributed by atoms with Crippen LogP contribution in [0.4, 0.5) is 0 Å². The van der Waals surface area contributed by atoms with Crippen molar-refractivity contribution < 1.29 is 8.94 Å². The van der Waals surface area contributed by atoms with E-state index in [1.165, 1.54) is 5.56 Å². The van der Waals surface area contributed by atoms with Gasteiger partial charge in [-0.25, -0.2) is 0 Å². The Morgan fingerprint density at radius 2 is 2.00 bits per heavy atom. The first-order valence-electron chi connectivity index (χ1n) is 7.18. The van der Waals surface area contributed by atoms with Gasteiger partial charge in [0.2, 0.25) is 0 Å². The third kappa shape index (κ3) is 2.38. The first-order valence-corrected chi connectivity index (χ1v) is 7.18. The highest BCUT2D eigenvalue weighted by atomic mass is 16.5. The van der Waals surface area contributed by atoms with Crippen LogP contribution < -0.4 is 0 Å². The highest BCUT2D eigenvalue weighted by Gasteiger charge is 2.25. The van der Waals surface area contributed by atoms with Crippen LogP contribution in [-0.2, 0) is 19.5 Å². The lowest BCUT2D eigenvalue weighted by atomic mass is 10.0. The molecule has 4 heteroatoms. The maximum Gasteiger partial charge on any atom is 0.143 e. The van der Waals surface area contributed by atoms with Crippen molar-refractivity contribution in [3.63, 3.8) is 0 Å². The number of benzene rings is 1. The molecule has 0 unspecified atom stereocenters. The van der Waals surface area contributed by atoms with E-state index in [1.807, 2.05) is 30.3 Å². The highest BCUT2D eigenvalue weighted by molar-refractivity contribution is 5.63. The highest BCUT2D eigenvalue weighted by Crippen LogP contribution is 2.30. The molecular weight excluding hydrogens is 264 g/mol. The summed E-state index contributed by atoms with van der Waals surface area (Å²) >= 11 is 0. The fraction of sp³-hybridized carbons (Fsp3) is 0.235. The summed E-state index contributed by atoms with van der Waals surface area (Å²) in [5.74, 6) is 2.01. The molecule has 2 aromatic heterocycles. The first kappa shape index (κ1) is 12.4. The molecule has 0 spiro atoms. The Labute approximate surface area is 123 Å². The van der Waals surface area contributed by atoms with Gasteiger partial charge in [-0.15, -0.1) is 0 Å². The Kier molecular flexibility index (Phi) is 3.09. The summed E-state index contributed by atoms with van der Waals surface area (Å²) in [5, 5.41) is 4.27. The van der Waals surface area contributed by atoms with Crippen LogP contribution >= 0.6 is 0 Å². The zero-order valence-corrected chi connectivity index (χ0v) is 11.7. The van der Waals surface area contributed by atoms with E-state index in [4.69, 9.17) is 8.94 Å². The molecular formula is C17H16N2O2. The van der Waals surface area contributed by atoms with Gasteiger partial charge < -0.3 is 8.94 Å². The van der Waals surface area contributed by atoms with Gasteiger partial charge in [0.1, 0.15) is 17.2 Å². The van der Waals surface area contributed by atoms with Gasteiger partial charge in [-0.2, -0.15) is 0 Å². The second-order valence-electron chi connectivity index (χ2n) is 5.34. The van der Waals surface area contributed by atoms with Crippen molar-refractivity contribution in [1.29, 1.82) is 0 Å². The van der Waals surface area contributed by atoms with Gasteiger partial charge in [0, 0.05) is 30.6 Å². The molecule has 0 aliphatic carbocycles. The fourth-order valence-electron chi connectivity index (χ4n) is 2.85. The van der Waals surface area contributed by atoms with E-state index >= 15 is 0 Å². The normalized spacial score (nSPS) is 15.0. The molecule has 21 heavy (non-hydrogen) atoms. The van der Waals surface area contributed by atoms with Crippen molar-refractivity contribution in [3.8, 4) is 11.3 Å². The average molecular weight is 280 g/mol. The zero-order valence-electron chi connectivity index (χ0n) is 11.7. The largest absolute Gasteiger partial charge is 0.468 e. The minimum Gasteiger partial charge on any atom is -0.468 e. The standard InChI is InChI=1S/C17H16N2O2/c1-2-5-13(6-3-1)17-15-12-19(9-8-16(15)21-18-17)11-14-7-4-10-20-14/h1-7,10H,8-9,11-12H2. The molecule has 3 aromatic rings. The predicted octanol–water partition coefficient (Wildman–Crippen LogP) is 3.49. The lowest BCUT2D eigenvalue weighted by Gasteiger charge is -2.25. The average Bonchev–Trinajstić information content (AvgIpc) is 3.17.